The Bertz CT molecular complexity index is 1370. The lowest BCUT2D eigenvalue weighted by molar-refractivity contribution is -0.137. The van der Waals surface area contributed by atoms with E-state index < -0.39 is 17.8 Å². The number of nitrogens with one attached hydrogen (secondary N) is 2. The van der Waals surface area contributed by atoms with E-state index >= 15 is 0 Å². The van der Waals surface area contributed by atoms with E-state index in [4.69, 9.17) is 10.5 Å². The van der Waals surface area contributed by atoms with E-state index in [0.717, 1.165) is 36.1 Å². The van der Waals surface area contributed by atoms with Crippen LogP contribution in [0.4, 0.5) is 29.5 Å². The third-order valence-corrected chi connectivity index (χ3v) is 6.45. The second kappa shape index (κ2) is 10.3. The SMILES string of the molecule is NCc1cc(NC(=O)N2CCc3ccc(Oc4ccnc(NC(=O)C5CC5)c4)cc3C2)cc(C(F)(F)F)c1. The Hall–Kier alpha value is -4.12. The number of hydrogen-bond acceptors (Lipinski definition) is 5. The zero-order valence-corrected chi connectivity index (χ0v) is 20.3. The number of pyridine rings is 1. The number of nitrogens with two attached hydrogens (primary N) is 1. The molecule has 2 heterocycles. The topological polar surface area (TPSA) is 110 Å². The van der Waals surface area contributed by atoms with Gasteiger partial charge in [0, 0.05) is 43.5 Å². The third-order valence-electron chi connectivity index (χ3n) is 6.45. The van der Waals surface area contributed by atoms with Gasteiger partial charge in [-0.15, -0.1) is 0 Å². The molecular formula is C27H26F3N5O3. The normalized spacial score (nSPS) is 15.0. The Morgan fingerprint density at radius 3 is 2.55 bits per heavy atom. The molecule has 2 aliphatic rings. The van der Waals surface area contributed by atoms with Crippen molar-refractivity contribution in [2.75, 3.05) is 17.2 Å². The van der Waals surface area contributed by atoms with E-state index in [1.807, 2.05) is 18.2 Å². The second-order valence-corrected chi connectivity index (χ2v) is 9.40. The van der Waals surface area contributed by atoms with E-state index in [9.17, 15) is 22.8 Å². The Labute approximate surface area is 217 Å². The van der Waals surface area contributed by atoms with Crippen molar-refractivity contribution in [3.05, 3.63) is 77.0 Å². The van der Waals surface area contributed by atoms with Gasteiger partial charge in [-0.2, -0.15) is 13.2 Å². The van der Waals surface area contributed by atoms with Crippen molar-refractivity contribution in [2.45, 2.75) is 38.5 Å². The molecule has 5 rings (SSSR count). The highest BCUT2D eigenvalue weighted by molar-refractivity contribution is 5.93. The van der Waals surface area contributed by atoms with Crippen LogP contribution in [0, 0.1) is 5.92 Å². The van der Waals surface area contributed by atoms with Gasteiger partial charge in [0.25, 0.3) is 0 Å². The molecule has 3 aromatic rings. The molecule has 3 amide bonds. The van der Waals surface area contributed by atoms with Gasteiger partial charge in [-0.3, -0.25) is 4.79 Å². The van der Waals surface area contributed by atoms with Crippen molar-refractivity contribution in [1.29, 1.82) is 0 Å². The second-order valence-electron chi connectivity index (χ2n) is 9.40. The van der Waals surface area contributed by atoms with Crippen LogP contribution in [0.25, 0.3) is 0 Å². The molecule has 8 nitrogen and oxygen atoms in total. The molecule has 11 heteroatoms. The van der Waals surface area contributed by atoms with Crippen LogP contribution in [0.15, 0.2) is 54.7 Å². The minimum atomic E-state index is -4.55. The maximum atomic E-state index is 13.3. The molecule has 1 aromatic heterocycles. The minimum Gasteiger partial charge on any atom is -0.457 e. The summed E-state index contributed by atoms with van der Waals surface area (Å²) in [5, 5.41) is 5.36. The number of carbonyl (C=O) groups is 2. The highest BCUT2D eigenvalue weighted by Gasteiger charge is 2.32. The predicted molar refractivity (Wildman–Crippen MR) is 135 cm³/mol. The molecule has 0 bridgehead atoms. The van der Waals surface area contributed by atoms with Crippen molar-refractivity contribution >= 4 is 23.4 Å². The Kier molecular flexibility index (Phi) is 6.94. The molecular weight excluding hydrogens is 499 g/mol. The summed E-state index contributed by atoms with van der Waals surface area (Å²) in [5.41, 5.74) is 6.91. The number of fused-ring (bicyclic) bond motifs is 1. The molecule has 38 heavy (non-hydrogen) atoms. The van der Waals surface area contributed by atoms with Crippen molar-refractivity contribution in [3.8, 4) is 11.5 Å². The first-order valence-corrected chi connectivity index (χ1v) is 12.2. The molecule has 0 atom stereocenters. The molecule has 0 spiro atoms. The molecule has 0 unspecified atom stereocenters. The summed E-state index contributed by atoms with van der Waals surface area (Å²) < 4.78 is 45.7. The number of anilines is 2. The molecule has 4 N–H and O–H groups in total. The quantitative estimate of drug-likeness (QED) is 0.405. The summed E-state index contributed by atoms with van der Waals surface area (Å²) in [7, 11) is 0. The number of amides is 3. The molecule has 1 saturated carbocycles. The average molecular weight is 526 g/mol. The van der Waals surface area contributed by atoms with E-state index in [-0.39, 0.29) is 36.2 Å². The van der Waals surface area contributed by atoms with Gasteiger partial charge in [0.1, 0.15) is 17.3 Å². The molecule has 0 radical (unpaired) electrons. The highest BCUT2D eigenvalue weighted by Crippen LogP contribution is 2.33. The van der Waals surface area contributed by atoms with Crippen LogP contribution in [-0.2, 0) is 30.5 Å². The molecule has 1 aliphatic carbocycles. The standard InChI is InChI=1S/C27H26F3N5O3/c28-27(29,30)20-9-16(14-31)10-21(12-20)33-26(37)35-8-6-17-3-4-22(11-19(17)15-35)38-23-5-7-32-24(13-23)34-25(36)18-1-2-18/h3-5,7,9-13,18H,1-2,6,8,14-15,31H2,(H,33,37)(H,32,34,36). The van der Waals surface area contributed by atoms with E-state index in [2.05, 4.69) is 15.6 Å². The van der Waals surface area contributed by atoms with Crippen molar-refractivity contribution in [2.24, 2.45) is 11.7 Å². The van der Waals surface area contributed by atoms with Gasteiger partial charge in [-0.05, 0) is 72.4 Å². The fourth-order valence-electron chi connectivity index (χ4n) is 4.27. The number of rotatable bonds is 6. The van der Waals surface area contributed by atoms with Crippen LogP contribution in [0.3, 0.4) is 0 Å². The van der Waals surface area contributed by atoms with E-state index in [1.165, 1.54) is 11.0 Å². The summed E-state index contributed by atoms with van der Waals surface area (Å²) in [5.74, 6) is 1.45. The maximum absolute atomic E-state index is 13.3. The number of nitrogens with zero attached hydrogens (tertiary/aromatic N) is 2. The van der Waals surface area contributed by atoms with Crippen LogP contribution < -0.4 is 21.1 Å². The monoisotopic (exact) mass is 525 g/mol. The summed E-state index contributed by atoms with van der Waals surface area (Å²) in [6, 6.07) is 11.7. The van der Waals surface area contributed by atoms with Gasteiger partial charge in [0.15, 0.2) is 0 Å². The molecule has 0 saturated heterocycles. The largest absolute Gasteiger partial charge is 0.457 e. The van der Waals surface area contributed by atoms with E-state index in [1.54, 1.807) is 18.3 Å². The molecule has 1 fully saturated rings. The van der Waals surface area contributed by atoms with Gasteiger partial charge in [0.2, 0.25) is 5.91 Å². The number of alkyl halides is 3. The lowest BCUT2D eigenvalue weighted by Crippen LogP contribution is -2.38. The minimum absolute atomic E-state index is 0.0374. The number of carbonyl (C=O) groups excluding carboxylic acids is 2. The summed E-state index contributed by atoms with van der Waals surface area (Å²) >= 11 is 0. The van der Waals surface area contributed by atoms with Gasteiger partial charge in [0.05, 0.1) is 5.56 Å². The van der Waals surface area contributed by atoms with Crippen LogP contribution >= 0.6 is 0 Å². The zero-order valence-electron chi connectivity index (χ0n) is 20.3. The Balaban J connectivity index is 1.26. The molecule has 2 aromatic carbocycles. The maximum Gasteiger partial charge on any atom is 0.416 e. The van der Waals surface area contributed by atoms with Gasteiger partial charge < -0.3 is 26.0 Å². The van der Waals surface area contributed by atoms with Gasteiger partial charge in [-0.1, -0.05) is 6.07 Å². The Morgan fingerprint density at radius 2 is 1.82 bits per heavy atom. The first-order valence-electron chi connectivity index (χ1n) is 12.2. The van der Waals surface area contributed by atoms with Crippen LogP contribution in [0.2, 0.25) is 0 Å². The fourth-order valence-corrected chi connectivity index (χ4v) is 4.27. The zero-order chi connectivity index (χ0) is 26.9. The van der Waals surface area contributed by atoms with Crippen LogP contribution in [-0.4, -0.2) is 28.4 Å². The van der Waals surface area contributed by atoms with Gasteiger partial charge >= 0.3 is 12.2 Å². The van der Waals surface area contributed by atoms with Crippen molar-refractivity contribution < 1.29 is 27.5 Å². The summed E-state index contributed by atoms with van der Waals surface area (Å²) in [6.07, 6.45) is -0.635. The van der Waals surface area contributed by atoms with Crippen LogP contribution in [0.5, 0.6) is 11.5 Å². The smallest absolute Gasteiger partial charge is 0.416 e. The number of aromatic nitrogens is 1. The Morgan fingerprint density at radius 1 is 1.03 bits per heavy atom. The third kappa shape index (κ3) is 6.05. The summed E-state index contributed by atoms with van der Waals surface area (Å²) in [6.45, 7) is 0.592. The lowest BCUT2D eigenvalue weighted by atomic mass is 9.99. The van der Waals surface area contributed by atoms with Crippen LogP contribution in [0.1, 0.15) is 35.1 Å². The first-order chi connectivity index (χ1) is 18.2. The fraction of sp³-hybridized carbons (Fsp3) is 0.296. The number of halogens is 3. The van der Waals surface area contributed by atoms with E-state index in [0.29, 0.717) is 30.3 Å². The lowest BCUT2D eigenvalue weighted by Gasteiger charge is -2.29. The average Bonchev–Trinajstić information content (AvgIpc) is 3.73. The number of urea groups is 1. The highest BCUT2D eigenvalue weighted by atomic mass is 19.4. The predicted octanol–water partition coefficient (Wildman–Crippen LogP) is 5.29. The van der Waals surface area contributed by atoms with Crippen molar-refractivity contribution in [1.82, 2.24) is 9.88 Å². The summed E-state index contributed by atoms with van der Waals surface area (Å²) in [4.78, 5) is 30.6. The number of benzene rings is 2. The molecule has 1 aliphatic heterocycles. The first kappa shape index (κ1) is 25.5. The number of ether oxygens (including phenoxy) is 1. The van der Waals surface area contributed by atoms with Gasteiger partial charge in [-0.25, -0.2) is 9.78 Å². The molecule has 198 valence electrons. The number of hydrogen-bond donors (Lipinski definition) is 3. The van der Waals surface area contributed by atoms with Crippen molar-refractivity contribution in [3.63, 3.8) is 0 Å².